The van der Waals surface area contributed by atoms with Crippen molar-refractivity contribution < 1.29 is 19.1 Å². The van der Waals surface area contributed by atoms with Crippen LogP contribution in [0.4, 0.5) is 11.4 Å². The third-order valence-corrected chi connectivity index (χ3v) is 3.50. The first-order chi connectivity index (χ1) is 9.60. The van der Waals surface area contributed by atoms with E-state index in [1.165, 1.54) is 13.2 Å². The van der Waals surface area contributed by atoms with Crippen LogP contribution in [0.3, 0.4) is 0 Å². The highest BCUT2D eigenvalue weighted by Gasteiger charge is 2.35. The first-order valence-electron chi connectivity index (χ1n) is 6.29. The van der Waals surface area contributed by atoms with Gasteiger partial charge in [0, 0.05) is 26.7 Å². The van der Waals surface area contributed by atoms with Crippen LogP contribution >= 0.6 is 0 Å². The van der Waals surface area contributed by atoms with Crippen LogP contribution < -0.4 is 10.1 Å². The maximum atomic E-state index is 11.1. The Morgan fingerprint density at radius 1 is 1.50 bits per heavy atom. The molecule has 1 unspecified atom stereocenters. The van der Waals surface area contributed by atoms with Gasteiger partial charge in [0.15, 0.2) is 0 Å². The van der Waals surface area contributed by atoms with Gasteiger partial charge in [-0.1, -0.05) is 0 Å². The molecule has 1 aromatic rings. The van der Waals surface area contributed by atoms with Crippen LogP contribution in [0.15, 0.2) is 18.2 Å². The lowest BCUT2D eigenvalue weighted by atomic mass is 10.0. The minimum atomic E-state index is -0.435. The molecule has 0 saturated carbocycles. The molecule has 2 rings (SSSR count). The molecule has 20 heavy (non-hydrogen) atoms. The first kappa shape index (κ1) is 14.5. The van der Waals surface area contributed by atoms with Gasteiger partial charge in [-0.05, 0) is 12.1 Å². The lowest BCUT2D eigenvalue weighted by molar-refractivity contribution is -0.384. The van der Waals surface area contributed by atoms with Crippen LogP contribution in [0.25, 0.3) is 0 Å². The molecule has 1 fully saturated rings. The Labute approximate surface area is 117 Å². The summed E-state index contributed by atoms with van der Waals surface area (Å²) in [6.07, 6.45) is 0.764. The van der Waals surface area contributed by atoms with E-state index >= 15 is 0 Å². The van der Waals surface area contributed by atoms with Crippen molar-refractivity contribution in [1.29, 1.82) is 0 Å². The fourth-order valence-electron chi connectivity index (χ4n) is 2.16. The quantitative estimate of drug-likeness (QED) is 0.633. The minimum absolute atomic E-state index is 0.0190. The fraction of sp³-hybridized carbons (Fsp3) is 0.538. The van der Waals surface area contributed by atoms with E-state index in [0.717, 1.165) is 6.42 Å². The predicted molar refractivity (Wildman–Crippen MR) is 73.3 cm³/mol. The number of rotatable bonds is 6. The number of ether oxygens (including phenoxy) is 3. The summed E-state index contributed by atoms with van der Waals surface area (Å²) >= 11 is 0. The second-order valence-corrected chi connectivity index (χ2v) is 4.68. The smallest absolute Gasteiger partial charge is 0.296 e. The molecule has 0 bridgehead atoms. The zero-order chi connectivity index (χ0) is 14.6. The van der Waals surface area contributed by atoms with Gasteiger partial charge in [0.25, 0.3) is 5.69 Å². The van der Waals surface area contributed by atoms with Gasteiger partial charge in [0.2, 0.25) is 0 Å². The highest BCUT2D eigenvalue weighted by Crippen LogP contribution is 2.30. The molecule has 7 heteroatoms. The average Bonchev–Trinajstić information content (AvgIpc) is 2.94. The van der Waals surface area contributed by atoms with Crippen molar-refractivity contribution in [3.8, 4) is 5.75 Å². The van der Waals surface area contributed by atoms with Crippen molar-refractivity contribution in [3.63, 3.8) is 0 Å². The second-order valence-electron chi connectivity index (χ2n) is 4.68. The number of nitro benzene ring substituents is 1. The molecule has 0 amide bonds. The van der Waals surface area contributed by atoms with Crippen LogP contribution in [-0.4, -0.2) is 44.5 Å². The second kappa shape index (κ2) is 6.06. The first-order valence-corrected chi connectivity index (χ1v) is 6.29. The summed E-state index contributed by atoms with van der Waals surface area (Å²) in [5, 5.41) is 14.2. The van der Waals surface area contributed by atoms with Gasteiger partial charge in [-0.3, -0.25) is 10.1 Å². The zero-order valence-corrected chi connectivity index (χ0v) is 11.5. The van der Waals surface area contributed by atoms with Gasteiger partial charge in [0.1, 0.15) is 17.0 Å². The van der Waals surface area contributed by atoms with E-state index in [2.05, 4.69) is 5.32 Å². The molecule has 0 aromatic heterocycles. The van der Waals surface area contributed by atoms with Crippen molar-refractivity contribution in [2.45, 2.75) is 12.0 Å². The number of hydrogen-bond donors (Lipinski definition) is 1. The third-order valence-electron chi connectivity index (χ3n) is 3.50. The SMILES string of the molecule is COc1ccc(NCC2(OC)CCOC2)c([N+](=O)[O-])c1. The number of benzene rings is 1. The summed E-state index contributed by atoms with van der Waals surface area (Å²) < 4.78 is 15.8. The van der Waals surface area contributed by atoms with Gasteiger partial charge < -0.3 is 19.5 Å². The van der Waals surface area contributed by atoms with Gasteiger partial charge in [-0.2, -0.15) is 0 Å². The van der Waals surface area contributed by atoms with Crippen LogP contribution in [0.1, 0.15) is 6.42 Å². The van der Waals surface area contributed by atoms with E-state index < -0.39 is 10.5 Å². The standard InChI is InChI=1S/C13H18N2O5/c1-18-10-3-4-11(12(7-10)15(16)17)14-8-13(19-2)5-6-20-9-13/h3-4,7,14H,5-6,8-9H2,1-2H3. The van der Waals surface area contributed by atoms with Gasteiger partial charge in [0.05, 0.1) is 24.7 Å². The molecular formula is C13H18N2O5. The Bertz CT molecular complexity index is 486. The van der Waals surface area contributed by atoms with Crippen LogP contribution in [0, 0.1) is 10.1 Å². The van der Waals surface area contributed by atoms with E-state index in [1.54, 1.807) is 19.2 Å². The third kappa shape index (κ3) is 3.00. The molecule has 1 aromatic carbocycles. The number of methoxy groups -OCH3 is 2. The molecule has 1 N–H and O–H groups in total. The van der Waals surface area contributed by atoms with Crippen molar-refractivity contribution in [2.75, 3.05) is 39.3 Å². The summed E-state index contributed by atoms with van der Waals surface area (Å²) in [5.74, 6) is 0.452. The zero-order valence-electron chi connectivity index (χ0n) is 11.5. The Hall–Kier alpha value is -1.86. The molecular weight excluding hydrogens is 264 g/mol. The largest absolute Gasteiger partial charge is 0.496 e. The normalized spacial score (nSPS) is 21.7. The van der Waals surface area contributed by atoms with Crippen LogP contribution in [0.5, 0.6) is 5.75 Å². The Kier molecular flexibility index (Phi) is 4.41. The molecule has 7 nitrogen and oxygen atoms in total. The summed E-state index contributed by atoms with van der Waals surface area (Å²) in [4.78, 5) is 10.7. The van der Waals surface area contributed by atoms with Crippen molar-refractivity contribution in [1.82, 2.24) is 0 Å². The summed E-state index contributed by atoms with van der Waals surface area (Å²) in [7, 11) is 3.10. The summed E-state index contributed by atoms with van der Waals surface area (Å²) in [6.45, 7) is 1.58. The molecule has 1 saturated heterocycles. The molecule has 110 valence electrons. The maximum absolute atomic E-state index is 11.1. The number of hydrogen-bond acceptors (Lipinski definition) is 6. The van der Waals surface area contributed by atoms with E-state index in [-0.39, 0.29) is 5.69 Å². The van der Waals surface area contributed by atoms with E-state index in [9.17, 15) is 10.1 Å². The molecule has 1 aliphatic heterocycles. The van der Waals surface area contributed by atoms with Crippen LogP contribution in [0.2, 0.25) is 0 Å². The number of nitrogens with zero attached hydrogens (tertiary/aromatic N) is 1. The Balaban J connectivity index is 2.14. The molecule has 1 heterocycles. The molecule has 1 atom stereocenters. The summed E-state index contributed by atoms with van der Waals surface area (Å²) in [6, 6.07) is 4.71. The van der Waals surface area contributed by atoms with Gasteiger partial charge in [-0.15, -0.1) is 0 Å². The van der Waals surface area contributed by atoms with E-state index in [1.807, 2.05) is 0 Å². The molecule has 0 spiro atoms. The van der Waals surface area contributed by atoms with Crippen molar-refractivity contribution in [2.24, 2.45) is 0 Å². The fourth-order valence-corrected chi connectivity index (χ4v) is 2.16. The van der Waals surface area contributed by atoms with Gasteiger partial charge >= 0.3 is 0 Å². The number of nitrogens with one attached hydrogen (secondary N) is 1. The average molecular weight is 282 g/mol. The predicted octanol–water partition coefficient (Wildman–Crippen LogP) is 1.82. The molecule has 0 aliphatic carbocycles. The van der Waals surface area contributed by atoms with Gasteiger partial charge in [-0.25, -0.2) is 0 Å². The van der Waals surface area contributed by atoms with Crippen molar-refractivity contribution >= 4 is 11.4 Å². The number of anilines is 1. The Morgan fingerprint density at radius 3 is 2.85 bits per heavy atom. The summed E-state index contributed by atoms with van der Waals surface area (Å²) in [5.41, 5.74) is 0.00185. The highest BCUT2D eigenvalue weighted by atomic mass is 16.6. The van der Waals surface area contributed by atoms with Crippen LogP contribution in [-0.2, 0) is 9.47 Å². The highest BCUT2D eigenvalue weighted by molar-refractivity contribution is 5.64. The Morgan fingerprint density at radius 2 is 2.30 bits per heavy atom. The lowest BCUT2D eigenvalue weighted by Crippen LogP contribution is -2.39. The molecule has 0 radical (unpaired) electrons. The molecule has 1 aliphatic rings. The van der Waals surface area contributed by atoms with E-state index in [4.69, 9.17) is 14.2 Å². The van der Waals surface area contributed by atoms with E-state index in [0.29, 0.717) is 31.2 Å². The monoisotopic (exact) mass is 282 g/mol. The minimum Gasteiger partial charge on any atom is -0.496 e. The van der Waals surface area contributed by atoms with Crippen molar-refractivity contribution in [3.05, 3.63) is 28.3 Å². The number of nitro groups is 1. The topological polar surface area (TPSA) is 82.9 Å². The maximum Gasteiger partial charge on any atom is 0.296 e. The lowest BCUT2D eigenvalue weighted by Gasteiger charge is -2.26.